The average Bonchev–Trinajstić information content (AvgIpc) is 3.13. The summed E-state index contributed by atoms with van der Waals surface area (Å²) in [6.07, 6.45) is -0.401. The molecule has 1 atom stereocenters. The second-order valence-corrected chi connectivity index (χ2v) is 6.02. The fourth-order valence-corrected chi connectivity index (χ4v) is 2.55. The highest BCUT2D eigenvalue weighted by Crippen LogP contribution is 2.36. The highest BCUT2D eigenvalue weighted by molar-refractivity contribution is 6.30. The molecule has 12 heteroatoms. The van der Waals surface area contributed by atoms with Crippen LogP contribution in [0.4, 0.5) is 23.7 Å². The molecule has 2 aromatic heterocycles. The molecule has 0 aliphatic rings. The molecule has 1 aromatic carbocycles. The number of aromatic nitrogens is 5. The fraction of sp³-hybridized carbons (Fsp3) is 0.188. The second kappa shape index (κ2) is 7.80. The Kier molecular flexibility index (Phi) is 5.45. The molecule has 2 amide bonds. The van der Waals surface area contributed by atoms with E-state index >= 15 is 0 Å². The Balaban J connectivity index is 1.76. The normalized spacial score (nSPS) is 12.5. The molecule has 146 valence electrons. The minimum Gasteiger partial charge on any atom is -0.328 e. The van der Waals surface area contributed by atoms with Gasteiger partial charge in [-0.2, -0.15) is 23.0 Å². The molecule has 28 heavy (non-hydrogen) atoms. The number of urea groups is 1. The van der Waals surface area contributed by atoms with Crippen LogP contribution in [0.1, 0.15) is 24.4 Å². The Hall–Kier alpha value is -3.21. The highest BCUT2D eigenvalue weighted by atomic mass is 35.5. The quantitative estimate of drug-likeness (QED) is 0.683. The van der Waals surface area contributed by atoms with Crippen molar-refractivity contribution in [3.8, 4) is 5.95 Å². The van der Waals surface area contributed by atoms with Crippen LogP contribution in [0.3, 0.4) is 0 Å². The number of rotatable bonds is 4. The third kappa shape index (κ3) is 4.36. The predicted octanol–water partition coefficient (Wildman–Crippen LogP) is 3.61. The first-order chi connectivity index (χ1) is 13.3. The van der Waals surface area contributed by atoms with Gasteiger partial charge in [-0.15, -0.1) is 0 Å². The minimum absolute atomic E-state index is 0.0948. The lowest BCUT2D eigenvalue weighted by molar-refractivity contribution is -0.136. The largest absolute Gasteiger partial charge is 0.418 e. The van der Waals surface area contributed by atoms with Crippen LogP contribution < -0.4 is 10.6 Å². The van der Waals surface area contributed by atoms with Gasteiger partial charge >= 0.3 is 12.2 Å². The zero-order valence-electron chi connectivity index (χ0n) is 14.3. The van der Waals surface area contributed by atoms with Gasteiger partial charge in [0.15, 0.2) is 5.82 Å². The lowest BCUT2D eigenvalue weighted by atomic mass is 10.1. The van der Waals surface area contributed by atoms with Gasteiger partial charge in [-0.05, 0) is 31.2 Å². The number of nitrogens with zero attached hydrogens (tertiary/aromatic N) is 5. The molecular formula is C16H13ClF3N7O. The summed E-state index contributed by atoms with van der Waals surface area (Å²) < 4.78 is 40.7. The zero-order valence-corrected chi connectivity index (χ0v) is 15.0. The maximum atomic E-state index is 13.1. The van der Waals surface area contributed by atoms with Crippen LogP contribution in [-0.2, 0) is 6.18 Å². The summed E-state index contributed by atoms with van der Waals surface area (Å²) in [5.41, 5.74) is -1.47. The molecule has 2 N–H and O–H groups in total. The van der Waals surface area contributed by atoms with Crippen molar-refractivity contribution in [1.29, 1.82) is 0 Å². The van der Waals surface area contributed by atoms with E-state index in [0.29, 0.717) is 5.82 Å². The molecule has 0 saturated heterocycles. The van der Waals surface area contributed by atoms with Gasteiger partial charge in [0.1, 0.15) is 6.33 Å². The van der Waals surface area contributed by atoms with Crippen molar-refractivity contribution >= 4 is 23.3 Å². The first-order valence-corrected chi connectivity index (χ1v) is 8.25. The van der Waals surface area contributed by atoms with Crippen molar-refractivity contribution in [3.63, 3.8) is 0 Å². The van der Waals surface area contributed by atoms with E-state index in [9.17, 15) is 18.0 Å². The summed E-state index contributed by atoms with van der Waals surface area (Å²) in [4.78, 5) is 24.4. The highest BCUT2D eigenvalue weighted by Gasteiger charge is 2.34. The van der Waals surface area contributed by atoms with E-state index in [4.69, 9.17) is 11.6 Å². The maximum Gasteiger partial charge on any atom is 0.418 e. The van der Waals surface area contributed by atoms with Gasteiger partial charge in [-0.3, -0.25) is 0 Å². The fourth-order valence-electron chi connectivity index (χ4n) is 2.38. The van der Waals surface area contributed by atoms with Crippen molar-refractivity contribution in [2.75, 3.05) is 5.32 Å². The molecule has 3 rings (SSSR count). The van der Waals surface area contributed by atoms with Gasteiger partial charge in [-0.1, -0.05) is 11.6 Å². The lowest BCUT2D eigenvalue weighted by Crippen LogP contribution is -2.33. The van der Waals surface area contributed by atoms with E-state index in [1.54, 1.807) is 13.0 Å². The van der Waals surface area contributed by atoms with E-state index in [1.165, 1.54) is 29.5 Å². The van der Waals surface area contributed by atoms with E-state index in [0.717, 1.165) is 12.1 Å². The number of benzene rings is 1. The molecule has 0 saturated carbocycles. The van der Waals surface area contributed by atoms with Crippen molar-refractivity contribution in [2.24, 2.45) is 0 Å². The predicted molar refractivity (Wildman–Crippen MR) is 94.0 cm³/mol. The first-order valence-electron chi connectivity index (χ1n) is 7.87. The number of alkyl halides is 3. The van der Waals surface area contributed by atoms with Crippen LogP contribution in [0.2, 0.25) is 5.02 Å². The van der Waals surface area contributed by atoms with E-state index in [1.807, 2.05) is 0 Å². The smallest absolute Gasteiger partial charge is 0.328 e. The first kappa shape index (κ1) is 19.5. The van der Waals surface area contributed by atoms with Crippen molar-refractivity contribution in [2.45, 2.75) is 19.1 Å². The van der Waals surface area contributed by atoms with Crippen molar-refractivity contribution in [1.82, 2.24) is 30.0 Å². The molecule has 0 radical (unpaired) electrons. The summed E-state index contributed by atoms with van der Waals surface area (Å²) in [6, 6.07) is 3.13. The number of halogens is 4. The minimum atomic E-state index is -4.68. The molecule has 3 aromatic rings. The van der Waals surface area contributed by atoms with Gasteiger partial charge in [-0.25, -0.2) is 19.7 Å². The summed E-state index contributed by atoms with van der Waals surface area (Å²) in [5, 5.41) is 8.59. The Morgan fingerprint density at radius 3 is 2.61 bits per heavy atom. The van der Waals surface area contributed by atoms with Crippen LogP contribution in [0.25, 0.3) is 5.95 Å². The number of nitrogens with one attached hydrogen (secondary N) is 2. The molecule has 0 fully saturated rings. The number of amides is 2. The molecule has 1 unspecified atom stereocenters. The standard InChI is InChI=1S/C16H13ClF3N7O/c1-9(13-23-8-24-27(13)14-21-5-2-6-22-14)25-15(28)26-12-4-3-10(17)7-11(12)16(18,19)20/h2-9H,1H3,(H2,25,26,28). The number of carbonyl (C=O) groups excluding carboxylic acids is 1. The molecule has 2 heterocycles. The van der Waals surface area contributed by atoms with Crippen LogP contribution >= 0.6 is 11.6 Å². The summed E-state index contributed by atoms with van der Waals surface area (Å²) in [7, 11) is 0. The summed E-state index contributed by atoms with van der Waals surface area (Å²) in [6.45, 7) is 1.59. The molecular weight excluding hydrogens is 399 g/mol. The summed E-state index contributed by atoms with van der Waals surface area (Å²) in [5.74, 6) is 0.537. The van der Waals surface area contributed by atoms with Gasteiger partial charge in [0.25, 0.3) is 5.95 Å². The van der Waals surface area contributed by atoms with Crippen molar-refractivity contribution < 1.29 is 18.0 Å². The SMILES string of the molecule is CC(NC(=O)Nc1ccc(Cl)cc1C(F)(F)F)c1ncnn1-c1ncccn1. The molecule has 0 spiro atoms. The molecule has 0 aliphatic heterocycles. The van der Waals surface area contributed by atoms with Gasteiger partial charge < -0.3 is 10.6 Å². The number of anilines is 1. The number of hydrogen-bond acceptors (Lipinski definition) is 5. The monoisotopic (exact) mass is 411 g/mol. The van der Waals surface area contributed by atoms with Gasteiger partial charge in [0.05, 0.1) is 17.3 Å². The average molecular weight is 412 g/mol. The molecule has 8 nitrogen and oxygen atoms in total. The Morgan fingerprint density at radius 1 is 1.21 bits per heavy atom. The topological polar surface area (TPSA) is 97.6 Å². The number of carbonyl (C=O) groups is 1. The lowest BCUT2D eigenvalue weighted by Gasteiger charge is -2.17. The van der Waals surface area contributed by atoms with E-state index in [-0.39, 0.29) is 11.0 Å². The summed E-state index contributed by atoms with van der Waals surface area (Å²) >= 11 is 5.63. The Morgan fingerprint density at radius 2 is 1.93 bits per heavy atom. The second-order valence-electron chi connectivity index (χ2n) is 5.59. The molecule has 0 bridgehead atoms. The third-order valence-electron chi connectivity index (χ3n) is 3.59. The number of hydrogen-bond donors (Lipinski definition) is 2. The van der Waals surface area contributed by atoms with Gasteiger partial charge in [0.2, 0.25) is 0 Å². The third-order valence-corrected chi connectivity index (χ3v) is 3.82. The molecule has 0 aliphatic carbocycles. The van der Waals surface area contributed by atoms with Crippen LogP contribution in [0, 0.1) is 0 Å². The van der Waals surface area contributed by atoms with Crippen LogP contribution in [0.5, 0.6) is 0 Å². The van der Waals surface area contributed by atoms with Crippen LogP contribution in [-0.4, -0.2) is 30.8 Å². The van der Waals surface area contributed by atoms with Crippen molar-refractivity contribution in [3.05, 3.63) is 59.4 Å². The zero-order chi connectivity index (χ0) is 20.3. The maximum absolute atomic E-state index is 13.1. The van der Waals surface area contributed by atoms with Crippen LogP contribution in [0.15, 0.2) is 43.0 Å². The van der Waals surface area contributed by atoms with E-state index < -0.39 is 29.5 Å². The van der Waals surface area contributed by atoms with Gasteiger partial charge in [0, 0.05) is 17.4 Å². The Bertz CT molecular complexity index is 978. The Labute approximate surface area is 161 Å². The van der Waals surface area contributed by atoms with E-state index in [2.05, 4.69) is 30.7 Å².